The number of carbonyl (C=O) groups excluding carboxylic acids is 2. The Morgan fingerprint density at radius 3 is 2.37 bits per heavy atom. The Bertz CT molecular complexity index is 1170. The van der Waals surface area contributed by atoms with Crippen molar-refractivity contribution in [2.75, 3.05) is 11.3 Å². The molecule has 1 N–H and O–H groups in total. The third-order valence-electron chi connectivity index (χ3n) is 6.14. The summed E-state index contributed by atoms with van der Waals surface area (Å²) in [7, 11) is -3.91. The highest BCUT2D eigenvalue weighted by atomic mass is 35.5. The standard InChI is InChI=1S/C25H29Cl2NO6S/c1-15(2)20-10-4-16(3)12-23(20)34-24(29)14-33-25(30)17-5-7-18(8-6-17)28-35(31,32)19-9-11-21(26)22(27)13-19/h5-9,11,13,15-16,20,23,28H,4,10,12,14H2,1-3H3. The van der Waals surface area contributed by atoms with Crippen LogP contribution in [-0.4, -0.2) is 33.1 Å². The van der Waals surface area contributed by atoms with E-state index in [4.69, 9.17) is 32.7 Å². The van der Waals surface area contributed by atoms with E-state index in [1.54, 1.807) is 0 Å². The zero-order valence-corrected chi connectivity index (χ0v) is 22.1. The first kappa shape index (κ1) is 27.3. The fourth-order valence-electron chi connectivity index (χ4n) is 4.19. The van der Waals surface area contributed by atoms with E-state index in [0.717, 1.165) is 19.3 Å². The van der Waals surface area contributed by atoms with Crippen LogP contribution in [0.5, 0.6) is 0 Å². The predicted molar refractivity (Wildman–Crippen MR) is 135 cm³/mol. The number of ether oxygens (including phenoxy) is 2. The number of hydrogen-bond donors (Lipinski definition) is 1. The van der Waals surface area contributed by atoms with Gasteiger partial charge in [0.1, 0.15) is 6.10 Å². The number of halogens is 2. The smallest absolute Gasteiger partial charge is 0.344 e. The normalized spacial score (nSPS) is 20.3. The summed E-state index contributed by atoms with van der Waals surface area (Å²) in [6.45, 7) is 5.90. The third kappa shape index (κ3) is 7.35. The highest BCUT2D eigenvalue weighted by molar-refractivity contribution is 7.92. The van der Waals surface area contributed by atoms with Crippen molar-refractivity contribution in [1.82, 2.24) is 0 Å². The Hall–Kier alpha value is -2.29. The number of carbonyl (C=O) groups is 2. The summed E-state index contributed by atoms with van der Waals surface area (Å²) in [5, 5.41) is 0.356. The lowest BCUT2D eigenvalue weighted by Gasteiger charge is -2.36. The minimum atomic E-state index is -3.91. The average Bonchev–Trinajstić information content (AvgIpc) is 2.79. The van der Waals surface area contributed by atoms with Gasteiger partial charge in [0.25, 0.3) is 10.0 Å². The van der Waals surface area contributed by atoms with Gasteiger partial charge in [-0.2, -0.15) is 0 Å². The van der Waals surface area contributed by atoms with Crippen molar-refractivity contribution in [2.24, 2.45) is 17.8 Å². The monoisotopic (exact) mass is 541 g/mol. The second-order valence-electron chi connectivity index (χ2n) is 9.19. The Morgan fingerprint density at radius 2 is 1.74 bits per heavy atom. The molecule has 35 heavy (non-hydrogen) atoms. The molecule has 3 atom stereocenters. The highest BCUT2D eigenvalue weighted by Gasteiger charge is 2.33. The number of hydrogen-bond acceptors (Lipinski definition) is 6. The van der Waals surface area contributed by atoms with Gasteiger partial charge in [0.2, 0.25) is 0 Å². The number of esters is 2. The fourth-order valence-corrected chi connectivity index (χ4v) is 5.64. The van der Waals surface area contributed by atoms with Crippen molar-refractivity contribution >= 4 is 50.9 Å². The number of rotatable bonds is 8. The van der Waals surface area contributed by atoms with Gasteiger partial charge in [-0.3, -0.25) is 4.72 Å². The molecule has 0 bridgehead atoms. The van der Waals surface area contributed by atoms with Gasteiger partial charge in [-0.15, -0.1) is 0 Å². The van der Waals surface area contributed by atoms with Gasteiger partial charge in [-0.25, -0.2) is 18.0 Å². The number of benzene rings is 2. The van der Waals surface area contributed by atoms with Crippen LogP contribution in [0.4, 0.5) is 5.69 Å². The maximum Gasteiger partial charge on any atom is 0.344 e. The Morgan fingerprint density at radius 1 is 1.06 bits per heavy atom. The van der Waals surface area contributed by atoms with Gasteiger partial charge >= 0.3 is 11.9 Å². The molecule has 3 unspecified atom stereocenters. The van der Waals surface area contributed by atoms with Crippen LogP contribution in [-0.2, 0) is 24.3 Å². The first-order valence-corrected chi connectivity index (χ1v) is 13.6. The van der Waals surface area contributed by atoms with E-state index < -0.39 is 28.6 Å². The van der Waals surface area contributed by atoms with Crippen LogP contribution >= 0.6 is 23.2 Å². The van der Waals surface area contributed by atoms with Crippen LogP contribution in [0.15, 0.2) is 47.4 Å². The molecule has 1 saturated carbocycles. The molecule has 3 rings (SSSR count). The summed E-state index contributed by atoms with van der Waals surface area (Å²) in [5.74, 6) is -0.105. The quantitative estimate of drug-likeness (QED) is 0.414. The molecular formula is C25H29Cl2NO6S. The second kappa shape index (κ2) is 11.6. The molecule has 10 heteroatoms. The van der Waals surface area contributed by atoms with Crippen molar-refractivity contribution in [1.29, 1.82) is 0 Å². The van der Waals surface area contributed by atoms with Crippen LogP contribution in [0, 0.1) is 17.8 Å². The first-order chi connectivity index (χ1) is 16.5. The minimum Gasteiger partial charge on any atom is -0.460 e. The van der Waals surface area contributed by atoms with E-state index in [1.165, 1.54) is 42.5 Å². The van der Waals surface area contributed by atoms with Crippen molar-refractivity contribution in [3.8, 4) is 0 Å². The lowest BCUT2D eigenvalue weighted by Crippen LogP contribution is -2.36. The molecule has 0 saturated heterocycles. The lowest BCUT2D eigenvalue weighted by atomic mass is 9.75. The van der Waals surface area contributed by atoms with Crippen molar-refractivity contribution in [3.05, 3.63) is 58.1 Å². The van der Waals surface area contributed by atoms with E-state index >= 15 is 0 Å². The molecule has 0 aromatic heterocycles. The maximum absolute atomic E-state index is 12.6. The molecule has 0 radical (unpaired) electrons. The molecule has 1 aliphatic rings. The van der Waals surface area contributed by atoms with Crippen LogP contribution in [0.1, 0.15) is 50.4 Å². The molecule has 0 amide bonds. The van der Waals surface area contributed by atoms with Crippen LogP contribution in [0.2, 0.25) is 10.0 Å². The van der Waals surface area contributed by atoms with E-state index in [1.807, 2.05) is 0 Å². The van der Waals surface area contributed by atoms with Crippen LogP contribution in [0.3, 0.4) is 0 Å². The van der Waals surface area contributed by atoms with Crippen molar-refractivity contribution in [3.63, 3.8) is 0 Å². The van der Waals surface area contributed by atoms with E-state index in [9.17, 15) is 18.0 Å². The molecule has 190 valence electrons. The predicted octanol–water partition coefficient (Wildman–Crippen LogP) is 5.96. The topological polar surface area (TPSA) is 98.8 Å². The van der Waals surface area contributed by atoms with Crippen LogP contribution < -0.4 is 4.72 Å². The third-order valence-corrected chi connectivity index (χ3v) is 8.26. The fraction of sp³-hybridized carbons (Fsp3) is 0.440. The zero-order chi connectivity index (χ0) is 25.8. The number of anilines is 1. The SMILES string of the molecule is CC1CCC(C(C)C)C(OC(=O)COC(=O)c2ccc(NS(=O)(=O)c3ccc(Cl)c(Cl)c3)cc2)C1. The molecule has 2 aromatic rings. The maximum atomic E-state index is 12.6. The highest BCUT2D eigenvalue weighted by Crippen LogP contribution is 2.35. The van der Waals surface area contributed by atoms with Crippen molar-refractivity contribution < 1.29 is 27.5 Å². The van der Waals surface area contributed by atoms with Gasteiger partial charge in [-0.1, -0.05) is 50.4 Å². The van der Waals surface area contributed by atoms with Gasteiger partial charge in [-0.05, 0) is 73.1 Å². The summed E-state index contributed by atoms with van der Waals surface area (Å²) in [6, 6.07) is 9.60. The van der Waals surface area contributed by atoms with Gasteiger partial charge in [0.15, 0.2) is 6.61 Å². The summed E-state index contributed by atoms with van der Waals surface area (Å²) >= 11 is 11.7. The van der Waals surface area contributed by atoms with Gasteiger partial charge in [0.05, 0.1) is 20.5 Å². The Labute approximate surface area is 216 Å². The van der Waals surface area contributed by atoms with Gasteiger partial charge < -0.3 is 9.47 Å². The summed E-state index contributed by atoms with van der Waals surface area (Å²) in [5.41, 5.74) is 0.403. The molecule has 0 aliphatic heterocycles. The van der Waals surface area contributed by atoms with E-state index in [0.29, 0.717) is 17.8 Å². The first-order valence-electron chi connectivity index (χ1n) is 11.4. The molecule has 0 spiro atoms. The molecule has 0 heterocycles. The summed E-state index contributed by atoms with van der Waals surface area (Å²) < 4.78 is 38.3. The molecule has 7 nitrogen and oxygen atoms in total. The largest absolute Gasteiger partial charge is 0.460 e. The molecule has 1 aliphatic carbocycles. The Kier molecular flexibility index (Phi) is 9.07. The minimum absolute atomic E-state index is 0.0547. The summed E-state index contributed by atoms with van der Waals surface area (Å²) in [4.78, 5) is 24.6. The molecule has 1 fully saturated rings. The number of nitrogens with one attached hydrogen (secondary N) is 1. The van der Waals surface area contributed by atoms with Crippen LogP contribution in [0.25, 0.3) is 0 Å². The van der Waals surface area contributed by atoms with E-state index in [-0.39, 0.29) is 32.3 Å². The zero-order valence-electron chi connectivity index (χ0n) is 19.8. The molecular weight excluding hydrogens is 513 g/mol. The van der Waals surface area contributed by atoms with Crippen molar-refractivity contribution in [2.45, 2.75) is 51.0 Å². The van der Waals surface area contributed by atoms with E-state index in [2.05, 4.69) is 25.5 Å². The Balaban J connectivity index is 1.55. The second-order valence-corrected chi connectivity index (χ2v) is 11.7. The number of sulfonamides is 1. The lowest BCUT2D eigenvalue weighted by molar-refractivity contribution is -0.159. The average molecular weight is 542 g/mol. The molecule has 2 aromatic carbocycles. The summed E-state index contributed by atoms with van der Waals surface area (Å²) in [6.07, 6.45) is 2.76. The van der Waals surface area contributed by atoms with Gasteiger partial charge in [0, 0.05) is 5.69 Å².